The van der Waals surface area contributed by atoms with Crippen LogP contribution in [0.4, 0.5) is 4.79 Å². The standard InChI is InChI=1S/C20H26ClNO4S/c1-6-12(4)22-19(23)17(27-20(22)24)11-14-9-15(21)18(26-13(5)7-2)16(10-14)25-8-3/h9-13H,6-8H2,1-5H3/b17-11+/t12-,13-/m1/s1. The minimum atomic E-state index is -0.270. The molecule has 2 amide bonds. The topological polar surface area (TPSA) is 55.8 Å². The van der Waals surface area contributed by atoms with Crippen LogP contribution >= 0.6 is 23.4 Å². The summed E-state index contributed by atoms with van der Waals surface area (Å²) in [6, 6.07) is 3.38. The van der Waals surface area contributed by atoms with E-state index in [9.17, 15) is 9.59 Å². The van der Waals surface area contributed by atoms with E-state index in [2.05, 4.69) is 0 Å². The maximum absolute atomic E-state index is 12.6. The van der Waals surface area contributed by atoms with Crippen molar-refractivity contribution in [1.82, 2.24) is 4.90 Å². The van der Waals surface area contributed by atoms with E-state index in [0.29, 0.717) is 40.0 Å². The Morgan fingerprint density at radius 2 is 1.89 bits per heavy atom. The molecule has 148 valence electrons. The molecule has 1 aromatic rings. The molecule has 0 aliphatic carbocycles. The highest BCUT2D eigenvalue weighted by Gasteiger charge is 2.37. The Morgan fingerprint density at radius 1 is 1.19 bits per heavy atom. The largest absolute Gasteiger partial charge is 0.490 e. The van der Waals surface area contributed by atoms with Gasteiger partial charge in [0, 0.05) is 6.04 Å². The summed E-state index contributed by atoms with van der Waals surface area (Å²) in [4.78, 5) is 26.5. The van der Waals surface area contributed by atoms with Crippen LogP contribution in [0.15, 0.2) is 17.0 Å². The minimum Gasteiger partial charge on any atom is -0.490 e. The molecule has 2 rings (SSSR count). The first-order chi connectivity index (χ1) is 12.8. The van der Waals surface area contributed by atoms with Gasteiger partial charge in [-0.05, 0) is 69.1 Å². The zero-order chi connectivity index (χ0) is 20.1. The summed E-state index contributed by atoms with van der Waals surface area (Å²) in [5.74, 6) is 0.754. The molecule has 1 aliphatic rings. The lowest BCUT2D eigenvalue weighted by Gasteiger charge is -2.19. The van der Waals surface area contributed by atoms with Gasteiger partial charge in [0.05, 0.1) is 22.6 Å². The van der Waals surface area contributed by atoms with Crippen molar-refractivity contribution < 1.29 is 19.1 Å². The van der Waals surface area contributed by atoms with Crippen molar-refractivity contribution in [3.8, 4) is 11.5 Å². The van der Waals surface area contributed by atoms with Gasteiger partial charge in [0.15, 0.2) is 11.5 Å². The van der Waals surface area contributed by atoms with Gasteiger partial charge in [-0.3, -0.25) is 14.5 Å². The molecule has 0 bridgehead atoms. The number of nitrogens with zero attached hydrogens (tertiary/aromatic N) is 1. The molecular formula is C20H26ClNO4S. The Morgan fingerprint density at radius 3 is 2.48 bits per heavy atom. The minimum absolute atomic E-state index is 0.000382. The molecule has 0 unspecified atom stereocenters. The van der Waals surface area contributed by atoms with E-state index < -0.39 is 0 Å². The molecule has 1 aliphatic heterocycles. The van der Waals surface area contributed by atoms with Crippen molar-refractivity contribution in [3.63, 3.8) is 0 Å². The molecule has 0 spiro atoms. The third-order valence-electron chi connectivity index (χ3n) is 4.38. The SMILES string of the molecule is CCOc1cc(/C=C2/SC(=O)N([C@H](C)CC)C2=O)cc(Cl)c1O[C@H](C)CC. The number of hydrogen-bond acceptors (Lipinski definition) is 5. The summed E-state index contributed by atoms with van der Waals surface area (Å²) in [6.07, 6.45) is 3.23. The number of imide groups is 1. The Hall–Kier alpha value is -1.66. The van der Waals surface area contributed by atoms with Gasteiger partial charge in [-0.25, -0.2) is 0 Å². The van der Waals surface area contributed by atoms with Gasteiger partial charge >= 0.3 is 0 Å². The van der Waals surface area contributed by atoms with E-state index in [1.807, 2.05) is 34.6 Å². The first kappa shape index (κ1) is 21.6. The third-order valence-corrected chi connectivity index (χ3v) is 5.54. The normalized spacial score (nSPS) is 18.1. The number of carbonyl (C=O) groups excluding carboxylic acids is 2. The average Bonchev–Trinajstić information content (AvgIpc) is 2.90. The maximum Gasteiger partial charge on any atom is 0.293 e. The van der Waals surface area contributed by atoms with Gasteiger partial charge in [-0.1, -0.05) is 25.4 Å². The Labute approximate surface area is 170 Å². The lowest BCUT2D eigenvalue weighted by molar-refractivity contribution is -0.124. The summed E-state index contributed by atoms with van der Waals surface area (Å²) in [6.45, 7) is 10.1. The molecule has 0 N–H and O–H groups in total. The molecule has 1 fully saturated rings. The highest BCUT2D eigenvalue weighted by Crippen LogP contribution is 2.40. The predicted octanol–water partition coefficient (Wildman–Crippen LogP) is 5.75. The fraction of sp³-hybridized carbons (Fsp3) is 0.500. The second kappa shape index (κ2) is 9.51. The molecule has 1 aromatic carbocycles. The van der Waals surface area contributed by atoms with Crippen molar-refractivity contribution in [1.29, 1.82) is 0 Å². The van der Waals surface area contributed by atoms with Crippen molar-refractivity contribution in [2.45, 2.75) is 59.6 Å². The highest BCUT2D eigenvalue weighted by atomic mass is 35.5. The van der Waals surface area contributed by atoms with Gasteiger partial charge in [0.1, 0.15) is 0 Å². The van der Waals surface area contributed by atoms with E-state index in [0.717, 1.165) is 18.2 Å². The van der Waals surface area contributed by atoms with Crippen molar-refractivity contribution in [2.24, 2.45) is 0 Å². The number of carbonyl (C=O) groups is 2. The lowest BCUT2D eigenvalue weighted by atomic mass is 10.1. The van der Waals surface area contributed by atoms with Gasteiger partial charge in [0.25, 0.3) is 11.1 Å². The van der Waals surface area contributed by atoms with Crippen LogP contribution in [0, 0.1) is 0 Å². The Balaban J connectivity index is 2.38. The smallest absolute Gasteiger partial charge is 0.293 e. The second-order valence-corrected chi connectivity index (χ2v) is 7.81. The third kappa shape index (κ3) is 4.99. The summed E-state index contributed by atoms with van der Waals surface area (Å²) in [7, 11) is 0. The van der Waals surface area contributed by atoms with E-state index >= 15 is 0 Å². The first-order valence-corrected chi connectivity index (χ1v) is 10.4. The number of halogens is 1. The summed E-state index contributed by atoms with van der Waals surface area (Å²) < 4.78 is 11.6. The van der Waals surface area contributed by atoms with Crippen LogP contribution < -0.4 is 9.47 Å². The van der Waals surface area contributed by atoms with E-state index in [4.69, 9.17) is 21.1 Å². The fourth-order valence-corrected chi connectivity index (χ4v) is 3.72. The number of benzene rings is 1. The first-order valence-electron chi connectivity index (χ1n) is 9.22. The van der Waals surface area contributed by atoms with Gasteiger partial charge < -0.3 is 9.47 Å². The van der Waals surface area contributed by atoms with Crippen LogP contribution in [0.25, 0.3) is 6.08 Å². The molecule has 1 heterocycles. The van der Waals surface area contributed by atoms with E-state index in [-0.39, 0.29) is 23.3 Å². The predicted molar refractivity (Wildman–Crippen MR) is 111 cm³/mol. The maximum atomic E-state index is 12.6. The molecule has 0 radical (unpaired) electrons. The molecular weight excluding hydrogens is 386 g/mol. The monoisotopic (exact) mass is 411 g/mol. The van der Waals surface area contributed by atoms with Gasteiger partial charge in [0.2, 0.25) is 0 Å². The van der Waals surface area contributed by atoms with Crippen LogP contribution in [0.2, 0.25) is 5.02 Å². The number of ether oxygens (including phenoxy) is 2. The van der Waals surface area contributed by atoms with E-state index in [1.54, 1.807) is 18.2 Å². The molecule has 2 atom stereocenters. The lowest BCUT2D eigenvalue weighted by Crippen LogP contribution is -2.36. The highest BCUT2D eigenvalue weighted by molar-refractivity contribution is 8.18. The number of amides is 2. The molecule has 0 aromatic heterocycles. The van der Waals surface area contributed by atoms with Crippen molar-refractivity contribution in [3.05, 3.63) is 27.6 Å². The summed E-state index contributed by atoms with van der Waals surface area (Å²) in [5, 5.41) is 0.169. The molecule has 0 saturated carbocycles. The van der Waals surface area contributed by atoms with E-state index in [1.165, 1.54) is 4.90 Å². The molecule has 27 heavy (non-hydrogen) atoms. The van der Waals surface area contributed by atoms with Crippen LogP contribution in [-0.2, 0) is 4.79 Å². The second-order valence-electron chi connectivity index (χ2n) is 6.41. The molecule has 5 nitrogen and oxygen atoms in total. The van der Waals surface area contributed by atoms with Crippen LogP contribution in [-0.4, -0.2) is 34.8 Å². The zero-order valence-corrected chi connectivity index (χ0v) is 17.9. The number of thioether (sulfide) groups is 1. The summed E-state index contributed by atoms with van der Waals surface area (Å²) in [5.41, 5.74) is 0.689. The molecule has 1 saturated heterocycles. The fourth-order valence-electron chi connectivity index (χ4n) is 2.53. The number of rotatable bonds is 8. The quantitative estimate of drug-likeness (QED) is 0.509. The molecule has 7 heteroatoms. The Kier molecular flexibility index (Phi) is 7.62. The van der Waals surface area contributed by atoms with Gasteiger partial charge in [-0.15, -0.1) is 0 Å². The zero-order valence-electron chi connectivity index (χ0n) is 16.4. The van der Waals surface area contributed by atoms with Crippen LogP contribution in [0.3, 0.4) is 0 Å². The van der Waals surface area contributed by atoms with Crippen LogP contribution in [0.1, 0.15) is 53.0 Å². The van der Waals surface area contributed by atoms with Gasteiger partial charge in [-0.2, -0.15) is 0 Å². The number of hydrogen-bond donors (Lipinski definition) is 0. The van der Waals surface area contributed by atoms with Crippen LogP contribution in [0.5, 0.6) is 11.5 Å². The average molecular weight is 412 g/mol. The summed E-state index contributed by atoms with van der Waals surface area (Å²) >= 11 is 7.37. The van der Waals surface area contributed by atoms with Crippen molar-refractivity contribution >= 4 is 40.6 Å². The van der Waals surface area contributed by atoms with Crippen molar-refractivity contribution in [2.75, 3.05) is 6.61 Å². The Bertz CT molecular complexity index is 750.